The smallest absolute Gasteiger partial charge is 0.412 e. The van der Waals surface area contributed by atoms with E-state index in [-0.39, 0.29) is 5.91 Å². The maximum absolute atomic E-state index is 12.1. The molecule has 2 amide bonds. The van der Waals surface area contributed by atoms with E-state index in [0.29, 0.717) is 22.8 Å². The fraction of sp³-hybridized carbons (Fsp3) is 0.353. The molecule has 2 heterocycles. The van der Waals surface area contributed by atoms with E-state index in [9.17, 15) is 9.59 Å². The zero-order valence-corrected chi connectivity index (χ0v) is 14.9. The van der Waals surface area contributed by atoms with E-state index in [1.807, 2.05) is 6.92 Å². The van der Waals surface area contributed by atoms with Gasteiger partial charge in [0, 0.05) is 24.8 Å². The lowest BCUT2D eigenvalue weighted by atomic mass is 10.1. The number of rotatable bonds is 3. The van der Waals surface area contributed by atoms with Crippen molar-refractivity contribution in [1.82, 2.24) is 15.2 Å². The molecule has 0 saturated carbocycles. The minimum Gasteiger partial charge on any atom is -0.444 e. The number of nitrogens with one attached hydrogen (secondary N) is 2. The van der Waals surface area contributed by atoms with Crippen molar-refractivity contribution in [2.75, 3.05) is 10.6 Å². The van der Waals surface area contributed by atoms with Crippen molar-refractivity contribution in [3.05, 3.63) is 30.1 Å². The summed E-state index contributed by atoms with van der Waals surface area (Å²) in [6, 6.07) is 5.13. The first-order valence-corrected chi connectivity index (χ1v) is 7.72. The van der Waals surface area contributed by atoms with Crippen LogP contribution in [0.15, 0.2) is 24.4 Å². The van der Waals surface area contributed by atoms with Gasteiger partial charge in [-0.25, -0.2) is 9.78 Å². The molecule has 132 valence electrons. The number of amides is 2. The second kappa shape index (κ2) is 7.25. The average molecular weight is 343 g/mol. The van der Waals surface area contributed by atoms with E-state index in [0.717, 1.165) is 5.69 Å². The van der Waals surface area contributed by atoms with Crippen LogP contribution in [0.5, 0.6) is 0 Å². The molecule has 0 spiro atoms. The number of anilines is 2. The monoisotopic (exact) mass is 343 g/mol. The SMILES string of the molecule is CC(=O)Nc1cc(NC(=O)OC(C)(C)C)c(-c2ccc(C)nn2)cn1. The van der Waals surface area contributed by atoms with Crippen LogP contribution >= 0.6 is 0 Å². The van der Waals surface area contributed by atoms with Gasteiger partial charge in [0.1, 0.15) is 11.4 Å². The Morgan fingerprint density at radius 3 is 2.40 bits per heavy atom. The third-order valence-electron chi connectivity index (χ3n) is 2.92. The van der Waals surface area contributed by atoms with Crippen molar-refractivity contribution in [2.24, 2.45) is 0 Å². The van der Waals surface area contributed by atoms with Gasteiger partial charge in [-0.1, -0.05) is 0 Å². The molecule has 0 aromatic carbocycles. The van der Waals surface area contributed by atoms with Crippen LogP contribution in [0.4, 0.5) is 16.3 Å². The van der Waals surface area contributed by atoms with Gasteiger partial charge in [-0.05, 0) is 39.8 Å². The highest BCUT2D eigenvalue weighted by Gasteiger charge is 2.19. The number of hydrogen-bond acceptors (Lipinski definition) is 6. The molecule has 0 fully saturated rings. The number of aryl methyl sites for hydroxylation is 1. The Labute approximate surface area is 146 Å². The molecular weight excluding hydrogens is 322 g/mol. The highest BCUT2D eigenvalue weighted by atomic mass is 16.6. The normalized spacial score (nSPS) is 10.9. The summed E-state index contributed by atoms with van der Waals surface area (Å²) in [7, 11) is 0. The van der Waals surface area contributed by atoms with Crippen LogP contribution in [0, 0.1) is 6.92 Å². The number of hydrogen-bond donors (Lipinski definition) is 2. The topological polar surface area (TPSA) is 106 Å². The quantitative estimate of drug-likeness (QED) is 0.886. The summed E-state index contributed by atoms with van der Waals surface area (Å²) in [4.78, 5) is 27.5. The van der Waals surface area contributed by atoms with Gasteiger partial charge in [-0.15, -0.1) is 0 Å². The second-order valence-electron chi connectivity index (χ2n) is 6.48. The number of nitrogens with zero attached hydrogens (tertiary/aromatic N) is 3. The molecule has 0 aliphatic rings. The predicted octanol–water partition coefficient (Wildman–Crippen LogP) is 3.15. The van der Waals surface area contributed by atoms with Crippen molar-refractivity contribution in [2.45, 2.75) is 40.2 Å². The summed E-state index contributed by atoms with van der Waals surface area (Å²) >= 11 is 0. The Balaban J connectivity index is 2.39. The summed E-state index contributed by atoms with van der Waals surface area (Å²) in [5, 5.41) is 13.4. The number of carbonyl (C=O) groups is 2. The van der Waals surface area contributed by atoms with E-state index in [4.69, 9.17) is 4.74 Å². The Morgan fingerprint density at radius 2 is 1.84 bits per heavy atom. The lowest BCUT2D eigenvalue weighted by Gasteiger charge is -2.20. The summed E-state index contributed by atoms with van der Waals surface area (Å²) in [6.45, 7) is 8.52. The van der Waals surface area contributed by atoms with Gasteiger partial charge in [-0.2, -0.15) is 10.2 Å². The molecule has 0 atom stereocenters. The molecule has 2 aromatic rings. The predicted molar refractivity (Wildman–Crippen MR) is 94.2 cm³/mol. The van der Waals surface area contributed by atoms with Crippen molar-refractivity contribution >= 4 is 23.5 Å². The Bertz CT molecular complexity index is 782. The molecule has 2 aromatic heterocycles. The fourth-order valence-electron chi connectivity index (χ4n) is 1.97. The van der Waals surface area contributed by atoms with Gasteiger partial charge in [0.05, 0.1) is 17.1 Å². The van der Waals surface area contributed by atoms with E-state index < -0.39 is 11.7 Å². The molecule has 0 unspecified atom stereocenters. The van der Waals surface area contributed by atoms with Crippen LogP contribution < -0.4 is 10.6 Å². The van der Waals surface area contributed by atoms with E-state index >= 15 is 0 Å². The fourth-order valence-corrected chi connectivity index (χ4v) is 1.97. The third kappa shape index (κ3) is 5.52. The standard InChI is InChI=1S/C17H21N5O3/c1-10-6-7-13(22-21-10)12-9-18-15(19-11(2)23)8-14(12)20-16(24)25-17(3,4)5/h6-9H,1-5H3,(H2,18,19,20,23,24). The zero-order chi connectivity index (χ0) is 18.6. The van der Waals surface area contributed by atoms with Crippen molar-refractivity contribution in [3.63, 3.8) is 0 Å². The molecule has 8 nitrogen and oxygen atoms in total. The first kappa shape index (κ1) is 18.3. The van der Waals surface area contributed by atoms with E-state index in [2.05, 4.69) is 25.8 Å². The van der Waals surface area contributed by atoms with Crippen LogP contribution in [-0.2, 0) is 9.53 Å². The lowest BCUT2D eigenvalue weighted by Crippen LogP contribution is -2.27. The van der Waals surface area contributed by atoms with E-state index in [1.165, 1.54) is 13.1 Å². The van der Waals surface area contributed by atoms with Gasteiger partial charge < -0.3 is 10.1 Å². The molecule has 0 aliphatic carbocycles. The molecule has 2 N–H and O–H groups in total. The van der Waals surface area contributed by atoms with E-state index in [1.54, 1.807) is 39.0 Å². The van der Waals surface area contributed by atoms with Crippen LogP contribution in [0.3, 0.4) is 0 Å². The van der Waals surface area contributed by atoms with Gasteiger partial charge in [0.15, 0.2) is 0 Å². The molecular formula is C17H21N5O3. The van der Waals surface area contributed by atoms with Crippen molar-refractivity contribution < 1.29 is 14.3 Å². The van der Waals surface area contributed by atoms with Crippen LogP contribution in [0.2, 0.25) is 0 Å². The minimum absolute atomic E-state index is 0.265. The molecule has 0 aliphatic heterocycles. The van der Waals surface area contributed by atoms with Gasteiger partial charge >= 0.3 is 6.09 Å². The number of aromatic nitrogens is 3. The maximum Gasteiger partial charge on any atom is 0.412 e. The van der Waals surface area contributed by atoms with Crippen molar-refractivity contribution in [1.29, 1.82) is 0 Å². The number of carbonyl (C=O) groups excluding carboxylic acids is 2. The molecule has 0 radical (unpaired) electrons. The van der Waals surface area contributed by atoms with Gasteiger partial charge in [-0.3, -0.25) is 10.1 Å². The lowest BCUT2D eigenvalue weighted by molar-refractivity contribution is -0.114. The number of ether oxygens (including phenoxy) is 1. The van der Waals surface area contributed by atoms with Gasteiger partial charge in [0.2, 0.25) is 5.91 Å². The Hall–Kier alpha value is -3.03. The molecule has 2 rings (SSSR count). The zero-order valence-electron chi connectivity index (χ0n) is 14.9. The van der Waals surface area contributed by atoms with Crippen LogP contribution in [0.25, 0.3) is 11.3 Å². The van der Waals surface area contributed by atoms with Crippen LogP contribution in [-0.4, -0.2) is 32.8 Å². The second-order valence-corrected chi connectivity index (χ2v) is 6.48. The minimum atomic E-state index is -0.637. The third-order valence-corrected chi connectivity index (χ3v) is 2.92. The average Bonchev–Trinajstić information content (AvgIpc) is 2.46. The Kier molecular flexibility index (Phi) is 5.31. The number of pyridine rings is 1. The summed E-state index contributed by atoms with van der Waals surface area (Å²) in [6.07, 6.45) is 0.894. The highest BCUT2D eigenvalue weighted by Crippen LogP contribution is 2.28. The van der Waals surface area contributed by atoms with Crippen LogP contribution in [0.1, 0.15) is 33.4 Å². The first-order chi connectivity index (χ1) is 11.6. The van der Waals surface area contributed by atoms with Crippen molar-refractivity contribution in [3.8, 4) is 11.3 Å². The first-order valence-electron chi connectivity index (χ1n) is 7.72. The highest BCUT2D eigenvalue weighted by molar-refractivity contribution is 5.93. The largest absolute Gasteiger partial charge is 0.444 e. The molecule has 0 bridgehead atoms. The maximum atomic E-state index is 12.1. The summed E-state index contributed by atoms with van der Waals surface area (Å²) in [5.41, 5.74) is 1.65. The molecule has 25 heavy (non-hydrogen) atoms. The summed E-state index contributed by atoms with van der Waals surface area (Å²) in [5.74, 6) is 0.0426. The summed E-state index contributed by atoms with van der Waals surface area (Å²) < 4.78 is 5.28. The molecule has 0 saturated heterocycles. The molecule has 8 heteroatoms. The Morgan fingerprint density at radius 1 is 1.12 bits per heavy atom. The van der Waals surface area contributed by atoms with Gasteiger partial charge in [0.25, 0.3) is 0 Å².